The van der Waals surface area contributed by atoms with Crippen molar-refractivity contribution in [3.8, 4) is 11.4 Å². The Morgan fingerprint density at radius 2 is 2.03 bits per heavy atom. The average Bonchev–Trinajstić information content (AvgIpc) is 3.12. The van der Waals surface area contributed by atoms with Gasteiger partial charge in [0.05, 0.1) is 5.69 Å². The SMILES string of the molecule is C=CCn1cc(CN2CCc3nc(-c4cccnc4)ncc3C2)c2ccccc21. The molecule has 1 aromatic carbocycles. The molecule has 0 bridgehead atoms. The van der Waals surface area contributed by atoms with Gasteiger partial charge in [-0.1, -0.05) is 24.3 Å². The van der Waals surface area contributed by atoms with Crippen molar-refractivity contribution in [2.45, 2.75) is 26.1 Å². The molecule has 3 aromatic heterocycles. The van der Waals surface area contributed by atoms with Crippen molar-refractivity contribution >= 4 is 10.9 Å². The molecule has 4 heterocycles. The maximum Gasteiger partial charge on any atom is 0.160 e. The molecule has 0 fully saturated rings. The van der Waals surface area contributed by atoms with Crippen molar-refractivity contribution in [1.82, 2.24) is 24.4 Å². The maximum absolute atomic E-state index is 4.81. The third-order valence-electron chi connectivity index (χ3n) is 5.52. The summed E-state index contributed by atoms with van der Waals surface area (Å²) in [6.07, 6.45) is 10.7. The monoisotopic (exact) mass is 381 g/mol. The molecule has 0 unspecified atom stereocenters. The summed E-state index contributed by atoms with van der Waals surface area (Å²) in [5.74, 6) is 0.762. The lowest BCUT2D eigenvalue weighted by Crippen LogP contribution is -2.30. The van der Waals surface area contributed by atoms with Crippen molar-refractivity contribution in [3.63, 3.8) is 0 Å². The number of hydrogen-bond donors (Lipinski definition) is 0. The van der Waals surface area contributed by atoms with E-state index < -0.39 is 0 Å². The summed E-state index contributed by atoms with van der Waals surface area (Å²) in [7, 11) is 0. The van der Waals surface area contributed by atoms with E-state index in [1.807, 2.05) is 30.6 Å². The van der Waals surface area contributed by atoms with Gasteiger partial charge in [-0.25, -0.2) is 9.97 Å². The Balaban J connectivity index is 1.38. The van der Waals surface area contributed by atoms with Crippen molar-refractivity contribution in [2.24, 2.45) is 0 Å². The van der Waals surface area contributed by atoms with Crippen molar-refractivity contribution in [2.75, 3.05) is 6.54 Å². The van der Waals surface area contributed by atoms with Crippen LogP contribution in [0, 0.1) is 0 Å². The zero-order valence-electron chi connectivity index (χ0n) is 16.3. The van der Waals surface area contributed by atoms with E-state index in [2.05, 4.69) is 56.5 Å². The first-order chi connectivity index (χ1) is 14.3. The Kier molecular flexibility index (Phi) is 4.66. The van der Waals surface area contributed by atoms with Gasteiger partial charge in [-0.05, 0) is 23.8 Å². The molecule has 5 nitrogen and oxygen atoms in total. The van der Waals surface area contributed by atoms with E-state index in [4.69, 9.17) is 4.98 Å². The van der Waals surface area contributed by atoms with E-state index in [1.54, 1.807) is 6.20 Å². The Hall–Kier alpha value is -3.31. The highest BCUT2D eigenvalue weighted by molar-refractivity contribution is 5.84. The van der Waals surface area contributed by atoms with Crippen LogP contribution in [0.15, 0.2) is 73.8 Å². The highest BCUT2D eigenvalue weighted by Crippen LogP contribution is 2.26. The molecular weight excluding hydrogens is 358 g/mol. The molecule has 29 heavy (non-hydrogen) atoms. The minimum absolute atomic E-state index is 0.762. The van der Waals surface area contributed by atoms with E-state index in [9.17, 15) is 0 Å². The average molecular weight is 381 g/mol. The van der Waals surface area contributed by atoms with Crippen LogP contribution in [-0.2, 0) is 26.1 Å². The van der Waals surface area contributed by atoms with E-state index in [-0.39, 0.29) is 0 Å². The molecule has 0 saturated heterocycles. The van der Waals surface area contributed by atoms with E-state index in [0.717, 1.165) is 49.7 Å². The minimum atomic E-state index is 0.762. The van der Waals surface area contributed by atoms with Crippen molar-refractivity contribution in [3.05, 3.63) is 90.7 Å². The van der Waals surface area contributed by atoms with Crippen LogP contribution in [0.2, 0.25) is 0 Å². The van der Waals surface area contributed by atoms with Gasteiger partial charge in [-0.15, -0.1) is 6.58 Å². The van der Waals surface area contributed by atoms with Crippen LogP contribution < -0.4 is 0 Å². The van der Waals surface area contributed by atoms with Crippen LogP contribution in [0.5, 0.6) is 0 Å². The molecule has 0 saturated carbocycles. The molecule has 4 aromatic rings. The normalized spacial score (nSPS) is 14.1. The maximum atomic E-state index is 4.81. The molecule has 0 amide bonds. The summed E-state index contributed by atoms with van der Waals surface area (Å²) in [5.41, 5.74) is 5.97. The second-order valence-electron chi connectivity index (χ2n) is 7.48. The van der Waals surface area contributed by atoms with Gasteiger partial charge < -0.3 is 4.57 Å². The molecule has 1 aliphatic rings. The van der Waals surface area contributed by atoms with Crippen molar-refractivity contribution < 1.29 is 0 Å². The molecule has 0 radical (unpaired) electrons. The van der Waals surface area contributed by atoms with E-state index in [1.165, 1.54) is 22.0 Å². The predicted octanol–water partition coefficient (Wildman–Crippen LogP) is 4.24. The zero-order valence-corrected chi connectivity index (χ0v) is 16.3. The number of aromatic nitrogens is 4. The summed E-state index contributed by atoms with van der Waals surface area (Å²) < 4.78 is 2.28. The van der Waals surface area contributed by atoms with Gasteiger partial charge >= 0.3 is 0 Å². The second kappa shape index (κ2) is 7.60. The van der Waals surface area contributed by atoms with Gasteiger partial charge in [0.15, 0.2) is 5.82 Å². The lowest BCUT2D eigenvalue weighted by molar-refractivity contribution is 0.243. The summed E-state index contributed by atoms with van der Waals surface area (Å²) in [6.45, 7) is 7.52. The largest absolute Gasteiger partial charge is 0.343 e. The number of allylic oxidation sites excluding steroid dienone is 1. The van der Waals surface area contributed by atoms with Crippen LogP contribution in [0.1, 0.15) is 16.8 Å². The molecule has 5 heteroatoms. The Morgan fingerprint density at radius 3 is 2.90 bits per heavy atom. The van der Waals surface area contributed by atoms with Crippen LogP contribution in [0.4, 0.5) is 0 Å². The Bertz CT molecular complexity index is 1160. The second-order valence-corrected chi connectivity index (χ2v) is 7.48. The summed E-state index contributed by atoms with van der Waals surface area (Å²) in [4.78, 5) is 16.1. The number of rotatable bonds is 5. The molecule has 5 rings (SSSR count). The number of para-hydroxylation sites is 1. The highest BCUT2D eigenvalue weighted by Gasteiger charge is 2.20. The fourth-order valence-electron chi connectivity index (χ4n) is 4.12. The smallest absolute Gasteiger partial charge is 0.160 e. The zero-order chi connectivity index (χ0) is 19.6. The summed E-state index contributed by atoms with van der Waals surface area (Å²) >= 11 is 0. The third kappa shape index (κ3) is 3.45. The summed E-state index contributed by atoms with van der Waals surface area (Å²) in [6, 6.07) is 12.5. The molecule has 0 spiro atoms. The lowest BCUT2D eigenvalue weighted by Gasteiger charge is -2.27. The minimum Gasteiger partial charge on any atom is -0.343 e. The number of nitrogens with zero attached hydrogens (tertiary/aromatic N) is 5. The number of hydrogen-bond acceptors (Lipinski definition) is 4. The molecular formula is C24H23N5. The molecule has 1 aliphatic heterocycles. The predicted molar refractivity (Wildman–Crippen MR) is 115 cm³/mol. The van der Waals surface area contributed by atoms with Gasteiger partial charge in [0.1, 0.15) is 0 Å². The van der Waals surface area contributed by atoms with Gasteiger partial charge in [0.25, 0.3) is 0 Å². The fourth-order valence-corrected chi connectivity index (χ4v) is 4.12. The van der Waals surface area contributed by atoms with Gasteiger partial charge in [0.2, 0.25) is 0 Å². The first-order valence-corrected chi connectivity index (χ1v) is 9.97. The standard InChI is InChI=1S/C24H23N5/c1-2-11-29-17-20(21-7-3-4-8-23(21)29)16-28-12-9-22-19(15-28)14-26-24(27-22)18-6-5-10-25-13-18/h2-8,10,13-14,17H,1,9,11-12,15-16H2. The van der Waals surface area contributed by atoms with E-state index >= 15 is 0 Å². The van der Waals surface area contributed by atoms with Gasteiger partial charge in [-0.3, -0.25) is 9.88 Å². The summed E-state index contributed by atoms with van der Waals surface area (Å²) in [5, 5.41) is 1.32. The quantitative estimate of drug-likeness (QED) is 0.485. The highest BCUT2D eigenvalue weighted by atomic mass is 15.1. The molecule has 0 N–H and O–H groups in total. The lowest BCUT2D eigenvalue weighted by atomic mass is 10.1. The topological polar surface area (TPSA) is 46.8 Å². The van der Waals surface area contributed by atoms with Crippen LogP contribution in [-0.4, -0.2) is 31.0 Å². The van der Waals surface area contributed by atoms with Gasteiger partial charge in [-0.2, -0.15) is 0 Å². The Morgan fingerprint density at radius 1 is 1.10 bits per heavy atom. The van der Waals surface area contributed by atoms with Crippen LogP contribution >= 0.6 is 0 Å². The number of fused-ring (bicyclic) bond motifs is 2. The van der Waals surface area contributed by atoms with Crippen LogP contribution in [0.3, 0.4) is 0 Å². The Labute approximate surface area is 170 Å². The number of pyridine rings is 1. The molecule has 144 valence electrons. The first kappa shape index (κ1) is 17.8. The number of benzene rings is 1. The van der Waals surface area contributed by atoms with E-state index in [0.29, 0.717) is 0 Å². The fraction of sp³-hybridized carbons (Fsp3) is 0.208. The third-order valence-corrected chi connectivity index (χ3v) is 5.52. The molecule has 0 atom stereocenters. The first-order valence-electron chi connectivity index (χ1n) is 9.97. The van der Waals surface area contributed by atoms with Crippen molar-refractivity contribution in [1.29, 1.82) is 0 Å². The molecule has 0 aliphatic carbocycles. The van der Waals surface area contributed by atoms with Gasteiger partial charge in [0, 0.05) is 79.4 Å². The van der Waals surface area contributed by atoms with Crippen LogP contribution in [0.25, 0.3) is 22.3 Å².